The summed E-state index contributed by atoms with van der Waals surface area (Å²) in [6.07, 6.45) is 5.84. The summed E-state index contributed by atoms with van der Waals surface area (Å²) in [5, 5.41) is 15.7. The van der Waals surface area contributed by atoms with Gasteiger partial charge in [0.2, 0.25) is 0 Å². The van der Waals surface area contributed by atoms with Crippen LogP contribution in [-0.4, -0.2) is 30.6 Å². The average Bonchev–Trinajstić information content (AvgIpc) is 3.58. The van der Waals surface area contributed by atoms with Gasteiger partial charge in [-0.15, -0.1) is 0 Å². The van der Waals surface area contributed by atoms with Gasteiger partial charge in [-0.3, -0.25) is 4.79 Å². The van der Waals surface area contributed by atoms with Crippen LogP contribution >= 0.6 is 0 Å². The second kappa shape index (κ2) is 8.62. The number of amides is 1. The van der Waals surface area contributed by atoms with E-state index in [9.17, 15) is 10.1 Å². The quantitative estimate of drug-likeness (QED) is 0.777. The Bertz CT molecular complexity index is 940. The van der Waals surface area contributed by atoms with Crippen molar-refractivity contribution in [1.29, 1.82) is 5.26 Å². The fourth-order valence-electron chi connectivity index (χ4n) is 3.74. The zero-order valence-corrected chi connectivity index (χ0v) is 16.7. The molecule has 0 atom stereocenters. The zero-order chi connectivity index (χ0) is 20.2. The molecule has 4 rings (SSSR count). The maximum absolute atomic E-state index is 12.8. The Morgan fingerprint density at radius 2 is 2.03 bits per heavy atom. The van der Waals surface area contributed by atoms with E-state index in [-0.39, 0.29) is 5.91 Å². The molecule has 1 saturated heterocycles. The summed E-state index contributed by atoms with van der Waals surface area (Å²) in [5.74, 6) is 1.51. The normalized spacial score (nSPS) is 16.8. The van der Waals surface area contributed by atoms with Gasteiger partial charge in [-0.25, -0.2) is 4.98 Å². The van der Waals surface area contributed by atoms with Crippen LogP contribution in [0.5, 0.6) is 0 Å². The molecule has 6 nitrogen and oxygen atoms in total. The number of aryl methyl sites for hydroxylation is 1. The molecule has 29 heavy (non-hydrogen) atoms. The monoisotopic (exact) mass is 390 g/mol. The minimum absolute atomic E-state index is 0.0503. The summed E-state index contributed by atoms with van der Waals surface area (Å²) in [6.45, 7) is 4.22. The lowest BCUT2D eigenvalue weighted by Gasteiger charge is -2.22. The van der Waals surface area contributed by atoms with Gasteiger partial charge in [-0.2, -0.15) is 5.26 Å². The first-order valence-electron chi connectivity index (χ1n) is 10.3. The molecule has 1 saturated carbocycles. The Morgan fingerprint density at radius 3 is 2.76 bits per heavy atom. The maximum atomic E-state index is 12.8. The Labute approximate surface area is 171 Å². The number of anilines is 2. The molecule has 1 aromatic carbocycles. The summed E-state index contributed by atoms with van der Waals surface area (Å²) in [4.78, 5) is 17.3. The summed E-state index contributed by atoms with van der Waals surface area (Å²) in [6, 6.07) is 9.82. The van der Waals surface area contributed by atoms with Gasteiger partial charge in [0.05, 0.1) is 16.8 Å². The van der Waals surface area contributed by atoms with Crippen molar-refractivity contribution in [2.75, 3.05) is 25.1 Å². The number of rotatable bonds is 6. The van der Waals surface area contributed by atoms with Crippen molar-refractivity contribution >= 4 is 17.4 Å². The van der Waals surface area contributed by atoms with Crippen LogP contribution in [-0.2, 0) is 4.74 Å². The second-order valence-electron chi connectivity index (χ2n) is 7.98. The predicted molar refractivity (Wildman–Crippen MR) is 111 cm³/mol. The highest BCUT2D eigenvalue weighted by atomic mass is 16.5. The molecular weight excluding hydrogens is 364 g/mol. The summed E-state index contributed by atoms with van der Waals surface area (Å²) in [7, 11) is 0. The number of nitrogens with zero attached hydrogens (tertiary/aromatic N) is 2. The molecule has 2 aromatic rings. The molecule has 1 aliphatic carbocycles. The number of hydrogen-bond acceptors (Lipinski definition) is 5. The molecule has 6 heteroatoms. The van der Waals surface area contributed by atoms with E-state index in [1.165, 1.54) is 0 Å². The largest absolute Gasteiger partial charge is 0.381 e. The first-order chi connectivity index (χ1) is 14.1. The number of carbonyl (C=O) groups is 1. The summed E-state index contributed by atoms with van der Waals surface area (Å²) >= 11 is 0. The molecule has 1 amide bonds. The number of carbonyl (C=O) groups excluding carboxylic acids is 1. The Morgan fingerprint density at radius 1 is 1.24 bits per heavy atom. The number of nitrogens with one attached hydrogen (secondary N) is 2. The van der Waals surface area contributed by atoms with Crippen LogP contribution < -0.4 is 10.6 Å². The molecule has 2 fully saturated rings. The number of benzene rings is 1. The Hall–Kier alpha value is -2.91. The third-order valence-electron chi connectivity index (χ3n) is 5.65. The molecule has 0 bridgehead atoms. The minimum Gasteiger partial charge on any atom is -0.381 e. The molecule has 2 heterocycles. The van der Waals surface area contributed by atoms with Crippen molar-refractivity contribution in [1.82, 2.24) is 10.3 Å². The fraction of sp³-hybridized carbons (Fsp3) is 0.435. The molecule has 2 N–H and O–H groups in total. The average molecular weight is 390 g/mol. The molecule has 0 radical (unpaired) electrons. The van der Waals surface area contributed by atoms with Crippen LogP contribution in [0.2, 0.25) is 0 Å². The lowest BCUT2D eigenvalue weighted by atomic mass is 10.00. The van der Waals surface area contributed by atoms with Crippen LogP contribution in [0, 0.1) is 24.2 Å². The smallest absolute Gasteiger partial charge is 0.253 e. The van der Waals surface area contributed by atoms with Crippen LogP contribution in [0.3, 0.4) is 0 Å². The van der Waals surface area contributed by atoms with Gasteiger partial charge < -0.3 is 15.4 Å². The van der Waals surface area contributed by atoms with Crippen molar-refractivity contribution < 1.29 is 9.53 Å². The number of nitriles is 1. The minimum atomic E-state index is -0.0503. The van der Waals surface area contributed by atoms with E-state index in [4.69, 9.17) is 4.74 Å². The predicted octanol–water partition coefficient (Wildman–Crippen LogP) is 4.04. The Kier molecular flexibility index (Phi) is 5.77. The first-order valence-corrected chi connectivity index (χ1v) is 10.3. The molecule has 1 aliphatic heterocycles. The van der Waals surface area contributed by atoms with E-state index in [2.05, 4.69) is 21.7 Å². The van der Waals surface area contributed by atoms with E-state index >= 15 is 0 Å². The van der Waals surface area contributed by atoms with Crippen LogP contribution in [0.25, 0.3) is 0 Å². The van der Waals surface area contributed by atoms with Crippen molar-refractivity contribution in [3.05, 3.63) is 52.7 Å². The van der Waals surface area contributed by atoms with Gasteiger partial charge in [0.25, 0.3) is 5.91 Å². The van der Waals surface area contributed by atoms with Crippen molar-refractivity contribution in [2.24, 2.45) is 5.92 Å². The Balaban J connectivity index is 1.51. The number of ether oxygens (including phenoxy) is 1. The van der Waals surface area contributed by atoms with Gasteiger partial charge in [-0.05, 0) is 73.8 Å². The lowest BCUT2D eigenvalue weighted by Crippen LogP contribution is -2.32. The molecule has 0 unspecified atom stereocenters. The summed E-state index contributed by atoms with van der Waals surface area (Å²) < 4.78 is 5.39. The van der Waals surface area contributed by atoms with E-state index in [1.807, 2.05) is 25.1 Å². The molecule has 0 spiro atoms. The van der Waals surface area contributed by atoms with E-state index < -0.39 is 0 Å². The van der Waals surface area contributed by atoms with E-state index in [1.54, 1.807) is 12.3 Å². The number of aromatic nitrogens is 1. The fourth-order valence-corrected chi connectivity index (χ4v) is 3.74. The summed E-state index contributed by atoms with van der Waals surface area (Å²) in [5.41, 5.74) is 4.08. The van der Waals surface area contributed by atoms with E-state index in [0.29, 0.717) is 35.3 Å². The highest BCUT2D eigenvalue weighted by Crippen LogP contribution is 2.42. The van der Waals surface area contributed by atoms with Crippen molar-refractivity contribution in [2.45, 2.75) is 38.5 Å². The van der Waals surface area contributed by atoms with Crippen LogP contribution in [0.15, 0.2) is 30.5 Å². The maximum Gasteiger partial charge on any atom is 0.253 e. The second-order valence-corrected chi connectivity index (χ2v) is 7.98. The first kappa shape index (κ1) is 19.4. The van der Waals surface area contributed by atoms with Gasteiger partial charge >= 0.3 is 0 Å². The molecule has 1 aromatic heterocycles. The van der Waals surface area contributed by atoms with Crippen molar-refractivity contribution in [3.63, 3.8) is 0 Å². The van der Waals surface area contributed by atoms with Crippen LogP contribution in [0.1, 0.15) is 58.6 Å². The third kappa shape index (κ3) is 4.75. The molecule has 2 aliphatic rings. The highest BCUT2D eigenvalue weighted by Gasteiger charge is 2.29. The third-order valence-corrected chi connectivity index (χ3v) is 5.65. The SMILES string of the molecule is Cc1ccc(C#N)c(Nc2cc(C3CC3)c(C(=O)NCC3CCOCC3)cn2)c1. The van der Waals surface area contributed by atoms with Gasteiger partial charge in [0, 0.05) is 26.0 Å². The van der Waals surface area contributed by atoms with E-state index in [0.717, 1.165) is 55.7 Å². The molecular formula is C23H26N4O2. The molecule has 150 valence electrons. The number of hydrogen-bond donors (Lipinski definition) is 2. The lowest BCUT2D eigenvalue weighted by molar-refractivity contribution is 0.0642. The number of pyridine rings is 1. The zero-order valence-electron chi connectivity index (χ0n) is 16.7. The van der Waals surface area contributed by atoms with Crippen LogP contribution in [0.4, 0.5) is 11.5 Å². The van der Waals surface area contributed by atoms with Gasteiger partial charge in [0.1, 0.15) is 11.9 Å². The standard InChI is InChI=1S/C23H26N4O2/c1-15-2-3-18(12-24)21(10-15)27-22-11-19(17-4-5-17)20(14-25-22)23(28)26-13-16-6-8-29-9-7-16/h2-3,10-11,14,16-17H,4-9,13H2,1H3,(H,25,27)(H,26,28). The van der Waals surface area contributed by atoms with Crippen molar-refractivity contribution in [3.8, 4) is 6.07 Å². The van der Waals surface area contributed by atoms with Gasteiger partial charge in [0.15, 0.2) is 0 Å². The topological polar surface area (TPSA) is 87.0 Å². The highest BCUT2D eigenvalue weighted by molar-refractivity contribution is 5.96. The van der Waals surface area contributed by atoms with Gasteiger partial charge in [-0.1, -0.05) is 6.07 Å².